The highest BCUT2D eigenvalue weighted by molar-refractivity contribution is 5.22. The van der Waals surface area contributed by atoms with Crippen LogP contribution in [0, 0.1) is 0 Å². The largest absolute Gasteiger partial charge is 0.401 e. The first kappa shape index (κ1) is 16.0. The Morgan fingerprint density at radius 1 is 1.11 bits per heavy atom. The number of alkyl halides is 3. The number of halogens is 3. The lowest BCUT2D eigenvalue weighted by atomic mass is 10.1. The SMILES string of the molecule is CCN(Cc1ccc(CCNC)cc1)CC(F)(F)F. The summed E-state index contributed by atoms with van der Waals surface area (Å²) in [6.07, 6.45) is -3.21. The van der Waals surface area contributed by atoms with Crippen LogP contribution in [0.25, 0.3) is 0 Å². The quantitative estimate of drug-likeness (QED) is 0.822. The number of likely N-dealkylation sites (N-methyl/N-ethyl adjacent to an activating group) is 1. The van der Waals surface area contributed by atoms with E-state index in [1.165, 1.54) is 10.5 Å². The molecule has 0 saturated carbocycles. The van der Waals surface area contributed by atoms with Gasteiger partial charge < -0.3 is 5.32 Å². The lowest BCUT2D eigenvalue weighted by Gasteiger charge is -2.22. The van der Waals surface area contributed by atoms with E-state index < -0.39 is 12.7 Å². The molecular formula is C14H21F3N2. The number of hydrogen-bond acceptors (Lipinski definition) is 2. The van der Waals surface area contributed by atoms with Gasteiger partial charge in [0, 0.05) is 6.54 Å². The summed E-state index contributed by atoms with van der Waals surface area (Å²) in [6.45, 7) is 2.51. The van der Waals surface area contributed by atoms with Gasteiger partial charge in [0.05, 0.1) is 6.54 Å². The molecule has 0 heterocycles. The molecule has 0 atom stereocenters. The van der Waals surface area contributed by atoms with Crippen molar-refractivity contribution in [2.45, 2.75) is 26.1 Å². The van der Waals surface area contributed by atoms with Crippen LogP contribution in [0.3, 0.4) is 0 Å². The maximum absolute atomic E-state index is 12.4. The Labute approximate surface area is 112 Å². The highest BCUT2D eigenvalue weighted by Gasteiger charge is 2.29. The molecule has 0 saturated heterocycles. The molecule has 0 aliphatic rings. The molecule has 1 aromatic carbocycles. The van der Waals surface area contributed by atoms with Crippen LogP contribution >= 0.6 is 0 Å². The van der Waals surface area contributed by atoms with E-state index in [2.05, 4.69) is 5.32 Å². The van der Waals surface area contributed by atoms with Crippen molar-refractivity contribution in [1.82, 2.24) is 10.2 Å². The Kier molecular flexibility index (Phi) is 6.31. The summed E-state index contributed by atoms with van der Waals surface area (Å²) >= 11 is 0. The van der Waals surface area contributed by atoms with Crippen molar-refractivity contribution in [3.05, 3.63) is 35.4 Å². The van der Waals surface area contributed by atoms with Crippen LogP contribution in [0.5, 0.6) is 0 Å². The Hall–Kier alpha value is -1.07. The number of benzene rings is 1. The summed E-state index contributed by atoms with van der Waals surface area (Å²) in [6, 6.07) is 7.77. The monoisotopic (exact) mass is 274 g/mol. The van der Waals surface area contributed by atoms with Gasteiger partial charge in [0.25, 0.3) is 0 Å². The summed E-state index contributed by atoms with van der Waals surface area (Å²) in [5.41, 5.74) is 2.11. The van der Waals surface area contributed by atoms with Gasteiger partial charge in [0.1, 0.15) is 0 Å². The Balaban J connectivity index is 2.55. The van der Waals surface area contributed by atoms with Crippen molar-refractivity contribution in [3.63, 3.8) is 0 Å². The molecule has 1 rings (SSSR count). The first-order valence-electron chi connectivity index (χ1n) is 6.46. The summed E-state index contributed by atoms with van der Waals surface area (Å²) in [5.74, 6) is 0. The minimum Gasteiger partial charge on any atom is -0.319 e. The maximum atomic E-state index is 12.4. The molecule has 0 aliphatic carbocycles. The Morgan fingerprint density at radius 3 is 2.16 bits per heavy atom. The lowest BCUT2D eigenvalue weighted by molar-refractivity contribution is -0.146. The molecular weight excluding hydrogens is 253 g/mol. The van der Waals surface area contributed by atoms with Gasteiger partial charge >= 0.3 is 6.18 Å². The predicted molar refractivity (Wildman–Crippen MR) is 71.1 cm³/mol. The van der Waals surface area contributed by atoms with Crippen LogP contribution in [0.4, 0.5) is 13.2 Å². The molecule has 0 amide bonds. The Bertz CT molecular complexity index is 360. The first-order chi connectivity index (χ1) is 8.94. The summed E-state index contributed by atoms with van der Waals surface area (Å²) in [4.78, 5) is 1.39. The van der Waals surface area contributed by atoms with E-state index in [4.69, 9.17) is 0 Å². The normalized spacial score (nSPS) is 12.1. The molecule has 108 valence electrons. The summed E-state index contributed by atoms with van der Waals surface area (Å²) < 4.78 is 37.1. The van der Waals surface area contributed by atoms with E-state index in [1.54, 1.807) is 6.92 Å². The van der Waals surface area contributed by atoms with Gasteiger partial charge in [-0.1, -0.05) is 31.2 Å². The van der Waals surface area contributed by atoms with Gasteiger partial charge in [-0.2, -0.15) is 13.2 Å². The van der Waals surface area contributed by atoms with E-state index >= 15 is 0 Å². The van der Waals surface area contributed by atoms with E-state index in [0.717, 1.165) is 18.5 Å². The first-order valence-corrected chi connectivity index (χ1v) is 6.46. The van der Waals surface area contributed by atoms with Crippen molar-refractivity contribution in [2.75, 3.05) is 26.7 Å². The molecule has 0 unspecified atom stereocenters. The molecule has 1 aromatic rings. The van der Waals surface area contributed by atoms with Crippen molar-refractivity contribution in [3.8, 4) is 0 Å². The van der Waals surface area contributed by atoms with Crippen LogP contribution in [0.1, 0.15) is 18.1 Å². The zero-order valence-electron chi connectivity index (χ0n) is 11.4. The van der Waals surface area contributed by atoms with E-state index in [0.29, 0.717) is 13.1 Å². The predicted octanol–water partition coefficient (Wildman–Crippen LogP) is 2.83. The minimum absolute atomic E-state index is 0.336. The smallest absolute Gasteiger partial charge is 0.319 e. The maximum Gasteiger partial charge on any atom is 0.401 e. The number of nitrogens with zero attached hydrogens (tertiary/aromatic N) is 1. The van der Waals surface area contributed by atoms with Crippen LogP contribution in [-0.4, -0.2) is 37.8 Å². The highest BCUT2D eigenvalue weighted by atomic mass is 19.4. The molecule has 0 fully saturated rings. The van der Waals surface area contributed by atoms with Gasteiger partial charge in [-0.3, -0.25) is 4.90 Å². The summed E-state index contributed by atoms with van der Waals surface area (Å²) in [7, 11) is 1.89. The van der Waals surface area contributed by atoms with E-state index in [1.807, 2.05) is 31.3 Å². The molecule has 19 heavy (non-hydrogen) atoms. The van der Waals surface area contributed by atoms with Gasteiger partial charge in [0.2, 0.25) is 0 Å². The van der Waals surface area contributed by atoms with E-state index in [-0.39, 0.29) is 0 Å². The van der Waals surface area contributed by atoms with Gasteiger partial charge in [0.15, 0.2) is 0 Å². The standard InChI is InChI=1S/C14H21F3N2/c1-3-19(11-14(15,16)17)10-13-6-4-12(5-7-13)8-9-18-2/h4-7,18H,3,8-11H2,1-2H3. The van der Waals surface area contributed by atoms with Gasteiger partial charge in [-0.15, -0.1) is 0 Å². The number of rotatable bonds is 7. The molecule has 5 heteroatoms. The average molecular weight is 274 g/mol. The van der Waals surface area contributed by atoms with E-state index in [9.17, 15) is 13.2 Å². The highest BCUT2D eigenvalue weighted by Crippen LogP contribution is 2.18. The fraction of sp³-hybridized carbons (Fsp3) is 0.571. The second-order valence-corrected chi connectivity index (χ2v) is 4.59. The third-order valence-corrected chi connectivity index (χ3v) is 2.94. The van der Waals surface area contributed by atoms with Gasteiger partial charge in [-0.25, -0.2) is 0 Å². The zero-order chi connectivity index (χ0) is 14.3. The van der Waals surface area contributed by atoms with Crippen LogP contribution in [0.15, 0.2) is 24.3 Å². The molecule has 0 bridgehead atoms. The fourth-order valence-corrected chi connectivity index (χ4v) is 1.87. The fourth-order valence-electron chi connectivity index (χ4n) is 1.87. The van der Waals surface area contributed by atoms with Crippen molar-refractivity contribution in [1.29, 1.82) is 0 Å². The topological polar surface area (TPSA) is 15.3 Å². The summed E-state index contributed by atoms with van der Waals surface area (Å²) in [5, 5.41) is 3.06. The molecule has 2 nitrogen and oxygen atoms in total. The molecule has 0 radical (unpaired) electrons. The van der Waals surface area contributed by atoms with Crippen molar-refractivity contribution >= 4 is 0 Å². The van der Waals surface area contributed by atoms with Gasteiger partial charge in [-0.05, 0) is 37.7 Å². The molecule has 1 N–H and O–H groups in total. The van der Waals surface area contributed by atoms with Crippen molar-refractivity contribution < 1.29 is 13.2 Å². The molecule has 0 aliphatic heterocycles. The number of hydrogen-bond donors (Lipinski definition) is 1. The molecule has 0 spiro atoms. The second-order valence-electron chi connectivity index (χ2n) is 4.59. The van der Waals surface area contributed by atoms with Crippen LogP contribution in [-0.2, 0) is 13.0 Å². The average Bonchev–Trinajstić information content (AvgIpc) is 2.35. The lowest BCUT2D eigenvalue weighted by Crippen LogP contribution is -2.33. The zero-order valence-corrected chi connectivity index (χ0v) is 11.4. The molecule has 0 aromatic heterocycles. The third-order valence-electron chi connectivity index (χ3n) is 2.94. The second kappa shape index (κ2) is 7.50. The minimum atomic E-state index is -4.14. The van der Waals surface area contributed by atoms with Crippen LogP contribution in [0.2, 0.25) is 0 Å². The number of nitrogens with one attached hydrogen (secondary N) is 1. The third kappa shape index (κ3) is 6.59. The van der Waals surface area contributed by atoms with Crippen molar-refractivity contribution in [2.24, 2.45) is 0 Å². The Morgan fingerprint density at radius 2 is 1.68 bits per heavy atom. The van der Waals surface area contributed by atoms with Crippen LogP contribution < -0.4 is 5.32 Å².